The van der Waals surface area contributed by atoms with Crippen LogP contribution in [0.4, 0.5) is 0 Å². The first-order valence-electron chi connectivity index (χ1n) is 8.15. The zero-order valence-electron chi connectivity index (χ0n) is 14.8. The van der Waals surface area contributed by atoms with Crippen molar-refractivity contribution >= 4 is 15.9 Å². The molecule has 134 valence electrons. The van der Waals surface area contributed by atoms with Crippen LogP contribution in [0.5, 0.6) is 5.75 Å². The molecule has 0 aromatic heterocycles. The summed E-state index contributed by atoms with van der Waals surface area (Å²) in [6.07, 6.45) is 3.10. The molecule has 0 saturated carbocycles. The number of carbonyl (C=O) groups is 1. The van der Waals surface area contributed by atoms with Crippen LogP contribution in [0.1, 0.15) is 50.4 Å². The molecule has 0 unspecified atom stereocenters. The van der Waals surface area contributed by atoms with Gasteiger partial charge in [0.05, 0.1) is 7.11 Å². The van der Waals surface area contributed by atoms with E-state index in [1.54, 1.807) is 31.7 Å². The first-order valence-corrected chi connectivity index (χ1v) is 9.64. The summed E-state index contributed by atoms with van der Waals surface area (Å²) >= 11 is 0. The maximum Gasteiger partial charge on any atom is 0.253 e. The fourth-order valence-electron chi connectivity index (χ4n) is 2.76. The Morgan fingerprint density at radius 1 is 1.17 bits per heavy atom. The van der Waals surface area contributed by atoms with Crippen molar-refractivity contribution in [1.29, 1.82) is 0 Å². The lowest BCUT2D eigenvalue weighted by Gasteiger charge is -2.27. The predicted molar refractivity (Wildman–Crippen MR) is 92.8 cm³/mol. The minimum Gasteiger partial charge on any atom is -0.495 e. The van der Waals surface area contributed by atoms with Gasteiger partial charge in [-0.25, -0.2) is 13.1 Å². The Bertz CT molecular complexity index is 702. The molecule has 0 spiro atoms. The highest BCUT2D eigenvalue weighted by Crippen LogP contribution is 2.27. The number of rotatable bonds is 4. The van der Waals surface area contributed by atoms with Gasteiger partial charge >= 0.3 is 0 Å². The molecule has 1 aliphatic heterocycles. The molecule has 1 amide bonds. The van der Waals surface area contributed by atoms with Crippen LogP contribution < -0.4 is 9.46 Å². The van der Waals surface area contributed by atoms with Gasteiger partial charge in [-0.2, -0.15) is 0 Å². The van der Waals surface area contributed by atoms with Crippen LogP contribution in [0.3, 0.4) is 0 Å². The molecule has 1 fully saturated rings. The van der Waals surface area contributed by atoms with Crippen LogP contribution in [0.2, 0.25) is 0 Å². The van der Waals surface area contributed by atoms with Crippen LogP contribution in [-0.2, 0) is 10.0 Å². The fourth-order valence-corrected chi connectivity index (χ4v) is 4.37. The van der Waals surface area contributed by atoms with Gasteiger partial charge in [0.1, 0.15) is 10.6 Å². The number of likely N-dealkylation sites (tertiary alicyclic amines) is 1. The summed E-state index contributed by atoms with van der Waals surface area (Å²) in [7, 11) is -2.38. The number of piperidine rings is 1. The Morgan fingerprint density at radius 2 is 1.79 bits per heavy atom. The number of sulfonamides is 1. The molecule has 1 saturated heterocycles. The number of hydrogen-bond acceptors (Lipinski definition) is 4. The molecule has 1 N–H and O–H groups in total. The van der Waals surface area contributed by atoms with E-state index >= 15 is 0 Å². The van der Waals surface area contributed by atoms with Gasteiger partial charge < -0.3 is 9.64 Å². The molecule has 0 atom stereocenters. The second-order valence-electron chi connectivity index (χ2n) is 7.07. The van der Waals surface area contributed by atoms with Crippen LogP contribution >= 0.6 is 0 Å². The van der Waals surface area contributed by atoms with Gasteiger partial charge in [-0.15, -0.1) is 0 Å². The monoisotopic (exact) mass is 354 g/mol. The van der Waals surface area contributed by atoms with Gasteiger partial charge in [-0.3, -0.25) is 4.79 Å². The van der Waals surface area contributed by atoms with Crippen molar-refractivity contribution in [2.75, 3.05) is 20.2 Å². The third-order valence-corrected chi connectivity index (χ3v) is 5.56. The van der Waals surface area contributed by atoms with E-state index in [1.807, 2.05) is 0 Å². The van der Waals surface area contributed by atoms with Gasteiger partial charge in [0.15, 0.2) is 0 Å². The van der Waals surface area contributed by atoms with E-state index in [0.29, 0.717) is 18.7 Å². The molecular weight excluding hydrogens is 328 g/mol. The largest absolute Gasteiger partial charge is 0.495 e. The average Bonchev–Trinajstić information content (AvgIpc) is 2.52. The summed E-state index contributed by atoms with van der Waals surface area (Å²) in [6.45, 7) is 6.72. The van der Waals surface area contributed by atoms with Crippen molar-refractivity contribution in [3.8, 4) is 5.75 Å². The number of methoxy groups -OCH3 is 1. The van der Waals surface area contributed by atoms with Crippen molar-refractivity contribution in [3.05, 3.63) is 23.8 Å². The SMILES string of the molecule is COc1ccc(C(=O)N2CCCCC2)cc1S(=O)(=O)NC(C)(C)C. The third-order valence-electron chi connectivity index (χ3n) is 3.78. The summed E-state index contributed by atoms with van der Waals surface area (Å²) in [5.74, 6) is 0.0894. The molecule has 0 radical (unpaired) electrons. The van der Waals surface area contributed by atoms with Crippen molar-refractivity contribution in [1.82, 2.24) is 9.62 Å². The Kier molecular flexibility index (Phi) is 5.55. The predicted octanol–water partition coefficient (Wildman–Crippen LogP) is 2.40. The number of nitrogens with zero attached hydrogens (tertiary/aromatic N) is 1. The number of ether oxygens (including phenoxy) is 1. The zero-order valence-corrected chi connectivity index (χ0v) is 15.6. The topological polar surface area (TPSA) is 75.7 Å². The number of benzene rings is 1. The van der Waals surface area contributed by atoms with E-state index in [9.17, 15) is 13.2 Å². The van der Waals surface area contributed by atoms with Gasteiger partial charge in [-0.05, 0) is 58.2 Å². The second kappa shape index (κ2) is 7.11. The normalized spacial score (nSPS) is 16.1. The Labute approximate surface area is 144 Å². The minimum absolute atomic E-state index is 0.0113. The molecule has 6 nitrogen and oxygen atoms in total. The molecular formula is C17H26N2O4S. The van der Waals surface area contributed by atoms with Gasteiger partial charge in [-0.1, -0.05) is 0 Å². The van der Waals surface area contributed by atoms with E-state index in [1.165, 1.54) is 19.2 Å². The lowest BCUT2D eigenvalue weighted by Crippen LogP contribution is -2.40. The first-order chi connectivity index (χ1) is 11.1. The second-order valence-corrected chi connectivity index (χ2v) is 8.72. The summed E-state index contributed by atoms with van der Waals surface area (Å²) in [5.41, 5.74) is -0.261. The number of hydrogen-bond donors (Lipinski definition) is 1. The van der Waals surface area contributed by atoms with E-state index in [-0.39, 0.29) is 16.6 Å². The minimum atomic E-state index is -3.79. The highest BCUT2D eigenvalue weighted by atomic mass is 32.2. The molecule has 24 heavy (non-hydrogen) atoms. The van der Waals surface area contributed by atoms with Crippen molar-refractivity contribution < 1.29 is 17.9 Å². The Balaban J connectivity index is 2.38. The van der Waals surface area contributed by atoms with E-state index in [4.69, 9.17) is 4.74 Å². The number of carbonyl (C=O) groups excluding carboxylic acids is 1. The van der Waals surface area contributed by atoms with E-state index < -0.39 is 15.6 Å². The van der Waals surface area contributed by atoms with Crippen LogP contribution in [0.25, 0.3) is 0 Å². The maximum atomic E-state index is 12.7. The van der Waals surface area contributed by atoms with E-state index in [2.05, 4.69) is 4.72 Å². The standard InChI is InChI=1S/C17H26N2O4S/c1-17(2,3)18-24(21,22)15-12-13(8-9-14(15)23-4)16(20)19-10-6-5-7-11-19/h8-9,12,18H,5-7,10-11H2,1-4H3. The summed E-state index contributed by atoms with van der Waals surface area (Å²) in [6, 6.07) is 4.56. The van der Waals surface area contributed by atoms with E-state index in [0.717, 1.165) is 19.3 Å². The number of amides is 1. The molecule has 1 heterocycles. The van der Waals surface area contributed by atoms with Gasteiger partial charge in [0.2, 0.25) is 10.0 Å². The third kappa shape index (κ3) is 4.48. The highest BCUT2D eigenvalue weighted by molar-refractivity contribution is 7.89. The maximum absolute atomic E-state index is 12.7. The van der Waals surface area contributed by atoms with Crippen molar-refractivity contribution in [2.45, 2.75) is 50.5 Å². The van der Waals surface area contributed by atoms with Gasteiger partial charge in [0, 0.05) is 24.2 Å². The van der Waals surface area contributed by atoms with Gasteiger partial charge in [0.25, 0.3) is 5.91 Å². The summed E-state index contributed by atoms with van der Waals surface area (Å²) in [4.78, 5) is 14.4. The molecule has 2 rings (SSSR count). The lowest BCUT2D eigenvalue weighted by molar-refractivity contribution is 0.0724. The quantitative estimate of drug-likeness (QED) is 0.901. The Hall–Kier alpha value is -1.60. The van der Waals surface area contributed by atoms with Crippen LogP contribution in [0, 0.1) is 0 Å². The first kappa shape index (κ1) is 18.7. The van der Waals surface area contributed by atoms with Crippen LogP contribution in [-0.4, -0.2) is 45.0 Å². The number of nitrogens with one attached hydrogen (secondary N) is 1. The van der Waals surface area contributed by atoms with Crippen molar-refractivity contribution in [2.24, 2.45) is 0 Å². The lowest BCUT2D eigenvalue weighted by atomic mass is 10.1. The summed E-state index contributed by atoms with van der Waals surface area (Å²) < 4.78 is 33.1. The molecule has 0 bridgehead atoms. The zero-order chi connectivity index (χ0) is 18.0. The average molecular weight is 354 g/mol. The molecule has 0 aliphatic carbocycles. The molecule has 1 aromatic carbocycles. The Morgan fingerprint density at radius 3 is 2.33 bits per heavy atom. The molecule has 1 aromatic rings. The summed E-state index contributed by atoms with van der Waals surface area (Å²) in [5, 5.41) is 0. The smallest absolute Gasteiger partial charge is 0.253 e. The van der Waals surface area contributed by atoms with Crippen LogP contribution in [0.15, 0.2) is 23.1 Å². The molecule has 7 heteroatoms. The van der Waals surface area contributed by atoms with Crippen molar-refractivity contribution in [3.63, 3.8) is 0 Å². The fraction of sp³-hybridized carbons (Fsp3) is 0.588. The highest BCUT2D eigenvalue weighted by Gasteiger charge is 2.27. The molecule has 1 aliphatic rings.